The summed E-state index contributed by atoms with van der Waals surface area (Å²) >= 11 is 1.61. The van der Waals surface area contributed by atoms with E-state index in [0.717, 1.165) is 17.2 Å². The molecule has 19 heavy (non-hydrogen) atoms. The second kappa shape index (κ2) is 6.44. The van der Waals surface area contributed by atoms with Crippen LogP contribution < -0.4 is 5.32 Å². The van der Waals surface area contributed by atoms with Crippen LogP contribution in [-0.4, -0.2) is 27.8 Å². The molecule has 0 aliphatic heterocycles. The van der Waals surface area contributed by atoms with Gasteiger partial charge in [-0.3, -0.25) is 9.48 Å². The predicted molar refractivity (Wildman–Crippen MR) is 71.6 cm³/mol. The number of thiophene rings is 1. The van der Waals surface area contributed by atoms with Gasteiger partial charge in [-0.2, -0.15) is 5.10 Å². The zero-order chi connectivity index (χ0) is 13.7. The summed E-state index contributed by atoms with van der Waals surface area (Å²) in [5.41, 5.74) is 0. The molecular formula is C12H16N4O2S. The standard InChI is InChI=1S/C12H16N4O2S/c1-16-8-14-11(15-16)7-13-6-10-4-3-9(19-10)5-12(17)18-2/h3-4,8,13H,5-7H2,1-2H3. The molecule has 2 aromatic heterocycles. The van der Waals surface area contributed by atoms with E-state index in [0.29, 0.717) is 13.0 Å². The fourth-order valence-corrected chi connectivity index (χ4v) is 2.56. The van der Waals surface area contributed by atoms with Crippen LogP contribution in [-0.2, 0) is 36.1 Å². The van der Waals surface area contributed by atoms with Crippen LogP contribution in [0.3, 0.4) is 0 Å². The molecule has 0 spiro atoms. The van der Waals surface area contributed by atoms with Crippen LogP contribution >= 0.6 is 11.3 Å². The molecule has 2 aromatic rings. The van der Waals surface area contributed by atoms with E-state index in [-0.39, 0.29) is 5.97 Å². The number of hydrogen-bond donors (Lipinski definition) is 1. The van der Waals surface area contributed by atoms with Crippen LogP contribution in [0.1, 0.15) is 15.6 Å². The second-order valence-electron chi connectivity index (χ2n) is 4.06. The zero-order valence-electron chi connectivity index (χ0n) is 10.9. The minimum absolute atomic E-state index is 0.209. The fraction of sp³-hybridized carbons (Fsp3) is 0.417. The number of nitrogens with one attached hydrogen (secondary N) is 1. The van der Waals surface area contributed by atoms with Gasteiger partial charge in [0, 0.05) is 23.3 Å². The van der Waals surface area contributed by atoms with E-state index in [2.05, 4.69) is 20.1 Å². The summed E-state index contributed by atoms with van der Waals surface area (Å²) in [6, 6.07) is 3.97. The third-order valence-electron chi connectivity index (χ3n) is 2.49. The number of ether oxygens (including phenoxy) is 1. The first-order chi connectivity index (χ1) is 9.17. The maximum Gasteiger partial charge on any atom is 0.310 e. The van der Waals surface area contributed by atoms with Gasteiger partial charge in [0.05, 0.1) is 20.1 Å². The van der Waals surface area contributed by atoms with E-state index in [1.54, 1.807) is 22.3 Å². The summed E-state index contributed by atoms with van der Waals surface area (Å²) in [4.78, 5) is 17.5. The highest BCUT2D eigenvalue weighted by atomic mass is 32.1. The lowest BCUT2D eigenvalue weighted by atomic mass is 10.3. The van der Waals surface area contributed by atoms with Gasteiger partial charge in [0.2, 0.25) is 0 Å². The Kier molecular flexibility index (Phi) is 4.64. The van der Waals surface area contributed by atoms with E-state index >= 15 is 0 Å². The highest BCUT2D eigenvalue weighted by Gasteiger charge is 2.06. The van der Waals surface area contributed by atoms with Crippen molar-refractivity contribution in [3.8, 4) is 0 Å². The lowest BCUT2D eigenvalue weighted by Crippen LogP contribution is -2.13. The Morgan fingerprint density at radius 2 is 2.21 bits per heavy atom. The average Bonchev–Trinajstić information content (AvgIpc) is 2.99. The van der Waals surface area contributed by atoms with Crippen LogP contribution in [0.5, 0.6) is 0 Å². The summed E-state index contributed by atoms with van der Waals surface area (Å²) in [6.45, 7) is 1.37. The topological polar surface area (TPSA) is 69.0 Å². The van der Waals surface area contributed by atoms with Crippen molar-refractivity contribution in [2.45, 2.75) is 19.5 Å². The molecular weight excluding hydrogens is 264 g/mol. The third-order valence-corrected chi connectivity index (χ3v) is 3.58. The van der Waals surface area contributed by atoms with Gasteiger partial charge >= 0.3 is 5.97 Å². The molecule has 6 nitrogen and oxygen atoms in total. The summed E-state index contributed by atoms with van der Waals surface area (Å²) in [7, 11) is 3.24. The molecule has 0 aromatic carbocycles. The van der Waals surface area contributed by atoms with Gasteiger partial charge in [-0.15, -0.1) is 11.3 Å². The Hall–Kier alpha value is -1.73. The largest absolute Gasteiger partial charge is 0.469 e. The lowest BCUT2D eigenvalue weighted by Gasteiger charge is -1.99. The zero-order valence-corrected chi connectivity index (χ0v) is 11.7. The Bertz CT molecular complexity index is 549. The van der Waals surface area contributed by atoms with E-state index in [1.807, 2.05) is 19.2 Å². The van der Waals surface area contributed by atoms with Crippen molar-refractivity contribution < 1.29 is 9.53 Å². The molecule has 0 saturated carbocycles. The third kappa shape index (κ3) is 4.15. The first kappa shape index (κ1) is 13.7. The Labute approximate surface area is 115 Å². The molecule has 2 rings (SSSR count). The molecule has 0 bridgehead atoms. The molecule has 0 unspecified atom stereocenters. The van der Waals surface area contributed by atoms with E-state index in [1.165, 1.54) is 12.0 Å². The smallest absolute Gasteiger partial charge is 0.310 e. The molecule has 0 saturated heterocycles. The molecule has 0 amide bonds. The predicted octanol–water partition coefficient (Wildman–Crippen LogP) is 0.882. The molecule has 102 valence electrons. The fourth-order valence-electron chi connectivity index (χ4n) is 1.59. The van der Waals surface area contributed by atoms with Crippen LogP contribution in [0.4, 0.5) is 0 Å². The van der Waals surface area contributed by atoms with Crippen molar-refractivity contribution in [1.29, 1.82) is 0 Å². The van der Waals surface area contributed by atoms with Gasteiger partial charge in [0.25, 0.3) is 0 Å². The molecule has 0 radical (unpaired) electrons. The molecule has 0 aliphatic carbocycles. The summed E-state index contributed by atoms with van der Waals surface area (Å²) in [5.74, 6) is 0.563. The van der Waals surface area contributed by atoms with Gasteiger partial charge in [-0.25, -0.2) is 4.98 Å². The number of hydrogen-bond acceptors (Lipinski definition) is 6. The number of carbonyl (C=O) groups is 1. The van der Waals surface area contributed by atoms with Gasteiger partial charge < -0.3 is 10.1 Å². The van der Waals surface area contributed by atoms with Crippen LogP contribution in [0, 0.1) is 0 Å². The van der Waals surface area contributed by atoms with Crippen LogP contribution in [0.2, 0.25) is 0 Å². The monoisotopic (exact) mass is 280 g/mol. The second-order valence-corrected chi connectivity index (χ2v) is 5.31. The van der Waals surface area contributed by atoms with Crippen molar-refractivity contribution in [2.75, 3.05) is 7.11 Å². The SMILES string of the molecule is COC(=O)Cc1ccc(CNCc2ncn(C)n2)s1. The van der Waals surface area contributed by atoms with Crippen molar-refractivity contribution in [2.24, 2.45) is 7.05 Å². The van der Waals surface area contributed by atoms with E-state index in [9.17, 15) is 4.79 Å². The lowest BCUT2D eigenvalue weighted by molar-refractivity contribution is -0.139. The van der Waals surface area contributed by atoms with Crippen LogP contribution in [0.15, 0.2) is 18.5 Å². The van der Waals surface area contributed by atoms with Gasteiger partial charge in [-0.1, -0.05) is 0 Å². The number of aromatic nitrogens is 3. The Balaban J connectivity index is 1.78. The van der Waals surface area contributed by atoms with Crippen molar-refractivity contribution in [3.63, 3.8) is 0 Å². The van der Waals surface area contributed by atoms with Crippen molar-refractivity contribution in [1.82, 2.24) is 20.1 Å². The minimum Gasteiger partial charge on any atom is -0.469 e. The minimum atomic E-state index is -0.209. The van der Waals surface area contributed by atoms with Gasteiger partial charge in [0.15, 0.2) is 5.82 Å². The number of aryl methyl sites for hydroxylation is 1. The number of methoxy groups -OCH3 is 1. The van der Waals surface area contributed by atoms with E-state index < -0.39 is 0 Å². The highest BCUT2D eigenvalue weighted by molar-refractivity contribution is 7.12. The van der Waals surface area contributed by atoms with Gasteiger partial charge in [-0.05, 0) is 12.1 Å². The quantitative estimate of drug-likeness (QED) is 0.796. The molecule has 7 heteroatoms. The van der Waals surface area contributed by atoms with Crippen molar-refractivity contribution in [3.05, 3.63) is 34.0 Å². The summed E-state index contributed by atoms with van der Waals surface area (Å²) in [6.07, 6.45) is 2.01. The van der Waals surface area contributed by atoms with E-state index in [4.69, 9.17) is 0 Å². The maximum absolute atomic E-state index is 11.1. The number of esters is 1. The highest BCUT2D eigenvalue weighted by Crippen LogP contribution is 2.17. The number of nitrogens with zero attached hydrogens (tertiary/aromatic N) is 3. The van der Waals surface area contributed by atoms with Gasteiger partial charge in [0.1, 0.15) is 6.33 Å². The van der Waals surface area contributed by atoms with Crippen LogP contribution in [0.25, 0.3) is 0 Å². The Morgan fingerprint density at radius 1 is 1.42 bits per heavy atom. The number of rotatable bonds is 6. The molecule has 0 atom stereocenters. The summed E-state index contributed by atoms with van der Waals surface area (Å²) < 4.78 is 6.32. The molecule has 2 heterocycles. The first-order valence-electron chi connectivity index (χ1n) is 5.87. The van der Waals surface area contributed by atoms with Crippen molar-refractivity contribution >= 4 is 17.3 Å². The summed E-state index contributed by atoms with van der Waals surface area (Å²) in [5, 5.41) is 7.45. The molecule has 1 N–H and O–H groups in total. The number of carbonyl (C=O) groups excluding carboxylic acids is 1. The molecule has 0 fully saturated rings. The first-order valence-corrected chi connectivity index (χ1v) is 6.68. The molecule has 0 aliphatic rings. The normalized spacial score (nSPS) is 10.6. The maximum atomic E-state index is 11.1. The average molecular weight is 280 g/mol. The Morgan fingerprint density at radius 3 is 2.89 bits per heavy atom.